The third-order valence-corrected chi connectivity index (χ3v) is 4.69. The van der Waals surface area contributed by atoms with Crippen LogP contribution in [0.3, 0.4) is 0 Å². The summed E-state index contributed by atoms with van der Waals surface area (Å²) in [5.74, 6) is 0. The number of fused-ring (bicyclic) bond motifs is 5. The van der Waals surface area contributed by atoms with Crippen LogP contribution in [0.4, 0.5) is 0 Å². The summed E-state index contributed by atoms with van der Waals surface area (Å²) in [7, 11) is 0. The van der Waals surface area contributed by atoms with E-state index in [4.69, 9.17) is 16.8 Å². The van der Waals surface area contributed by atoms with Gasteiger partial charge in [-0.15, -0.1) is 0 Å². The average Bonchev–Trinajstić information content (AvgIpc) is 3.16. The molecule has 0 saturated carbocycles. The third kappa shape index (κ3) is 2.08. The van der Waals surface area contributed by atoms with Crippen LogP contribution in [-0.4, -0.2) is 4.98 Å². The Morgan fingerprint density at radius 3 is 2.58 bits per heavy atom. The zero-order valence-corrected chi connectivity index (χ0v) is 13.6. The van der Waals surface area contributed by atoms with Gasteiger partial charge in [-0.3, -0.25) is 4.98 Å². The van der Waals surface area contributed by atoms with Crippen molar-refractivity contribution >= 4 is 32.7 Å². The van der Waals surface area contributed by atoms with Crippen molar-refractivity contribution in [1.82, 2.24) is 4.98 Å². The molecule has 5 aromatic rings. The number of aromatic nitrogens is 1. The average molecular weight is 346 g/mol. The van der Waals surface area contributed by atoms with Crippen LogP contribution in [-0.2, 0) is 0 Å². The predicted octanol–water partition coefficient (Wildman–Crippen LogP) is 6.73. The molecule has 126 valence electrons. The highest BCUT2D eigenvalue weighted by Gasteiger charge is 2.17. The van der Waals surface area contributed by atoms with Gasteiger partial charge in [0.2, 0.25) is 0 Å². The fourth-order valence-electron chi connectivity index (χ4n) is 3.41. The van der Waals surface area contributed by atoms with Gasteiger partial charge in [-0.25, -0.2) is 0 Å². The number of furan rings is 1. The maximum atomic E-state index is 8.06. The van der Waals surface area contributed by atoms with E-state index in [-0.39, 0.29) is 28.0 Å². The largest absolute Gasteiger partial charge is 0.455 e. The van der Waals surface area contributed by atoms with Crippen LogP contribution in [0.2, 0.25) is 0 Å². The molecule has 5 rings (SSSR count). The van der Waals surface area contributed by atoms with Gasteiger partial charge in [0.1, 0.15) is 11.2 Å². The second-order valence-electron chi connectivity index (χ2n) is 6.25. The SMILES string of the molecule is [2H]C([2H])([2H])c1cnc(-c2ccc(C([2H])([2H])[2H])c3c2oc2c4ccccc4ccc23)cc1C([2H])([2H])[2H]. The molecule has 0 atom stereocenters. The number of aryl methyl sites for hydroxylation is 3. The van der Waals surface area contributed by atoms with Crippen LogP contribution < -0.4 is 0 Å². The summed E-state index contributed by atoms with van der Waals surface area (Å²) in [5, 5.41) is 2.72. The minimum Gasteiger partial charge on any atom is -0.455 e. The van der Waals surface area contributed by atoms with Gasteiger partial charge < -0.3 is 4.42 Å². The van der Waals surface area contributed by atoms with Gasteiger partial charge in [0.05, 0.1) is 5.69 Å². The van der Waals surface area contributed by atoms with Crippen LogP contribution in [0.5, 0.6) is 0 Å². The topological polar surface area (TPSA) is 26.0 Å². The van der Waals surface area contributed by atoms with Crippen molar-refractivity contribution in [3.05, 3.63) is 77.5 Å². The van der Waals surface area contributed by atoms with Crippen LogP contribution in [0.25, 0.3) is 44.0 Å². The Kier molecular flexibility index (Phi) is 1.78. The molecule has 0 amide bonds. The summed E-state index contributed by atoms with van der Waals surface area (Å²) >= 11 is 0. The quantitative estimate of drug-likeness (QED) is 0.336. The molecule has 2 heteroatoms. The van der Waals surface area contributed by atoms with Gasteiger partial charge in [0.15, 0.2) is 0 Å². The first-order valence-corrected chi connectivity index (χ1v) is 8.15. The first-order chi connectivity index (χ1) is 16.3. The van der Waals surface area contributed by atoms with Crippen LogP contribution in [0, 0.1) is 20.6 Å². The van der Waals surface area contributed by atoms with E-state index in [1.165, 1.54) is 18.2 Å². The monoisotopic (exact) mass is 346 g/mol. The summed E-state index contributed by atoms with van der Waals surface area (Å²) in [4.78, 5) is 4.25. The number of hydrogen-bond donors (Lipinski definition) is 0. The number of pyridine rings is 1. The van der Waals surface area contributed by atoms with Gasteiger partial charge in [-0.1, -0.05) is 36.4 Å². The van der Waals surface area contributed by atoms with Crippen molar-refractivity contribution in [2.75, 3.05) is 0 Å². The molecule has 0 N–H and O–H groups in total. The van der Waals surface area contributed by atoms with E-state index < -0.39 is 20.6 Å². The third-order valence-electron chi connectivity index (χ3n) is 4.69. The molecule has 2 aromatic heterocycles. The van der Waals surface area contributed by atoms with Gasteiger partial charge in [-0.05, 0) is 60.8 Å². The van der Waals surface area contributed by atoms with E-state index in [1.54, 1.807) is 0 Å². The van der Waals surface area contributed by atoms with Crippen LogP contribution in [0.1, 0.15) is 29.0 Å². The minimum atomic E-state index is -2.69. The molecule has 2 nitrogen and oxygen atoms in total. The summed E-state index contributed by atoms with van der Waals surface area (Å²) in [6.07, 6.45) is 1.05. The number of nitrogens with zero attached hydrogens (tertiary/aromatic N) is 1. The molecule has 0 aliphatic rings. The highest BCUT2D eigenvalue weighted by molar-refractivity contribution is 6.18. The van der Waals surface area contributed by atoms with Gasteiger partial charge in [0, 0.05) is 40.3 Å². The second kappa shape index (κ2) is 5.43. The van der Waals surface area contributed by atoms with Gasteiger partial charge >= 0.3 is 0 Å². The van der Waals surface area contributed by atoms with Crippen molar-refractivity contribution in [2.45, 2.75) is 20.6 Å². The Morgan fingerprint density at radius 1 is 0.808 bits per heavy atom. The first kappa shape index (κ1) is 8.50. The second-order valence-corrected chi connectivity index (χ2v) is 6.25. The molecular weight excluding hydrogens is 318 g/mol. The predicted molar refractivity (Wildman–Crippen MR) is 109 cm³/mol. The lowest BCUT2D eigenvalue weighted by Crippen LogP contribution is -1.89. The van der Waals surface area contributed by atoms with Crippen molar-refractivity contribution in [3.63, 3.8) is 0 Å². The molecule has 2 heterocycles. The van der Waals surface area contributed by atoms with E-state index in [0.717, 1.165) is 17.0 Å². The highest BCUT2D eigenvalue weighted by atomic mass is 16.3. The van der Waals surface area contributed by atoms with E-state index in [1.807, 2.05) is 36.4 Å². The summed E-state index contributed by atoms with van der Waals surface area (Å²) < 4.78 is 77.2. The smallest absolute Gasteiger partial charge is 0.145 e. The Bertz CT molecular complexity index is 1610. The minimum absolute atomic E-state index is 0.0976. The van der Waals surface area contributed by atoms with E-state index >= 15 is 0 Å². The maximum absolute atomic E-state index is 8.06. The Hall–Kier alpha value is -3.13. The fourth-order valence-corrected chi connectivity index (χ4v) is 3.41. The summed E-state index contributed by atoms with van der Waals surface area (Å²) in [6.45, 7) is -7.78. The van der Waals surface area contributed by atoms with Crippen molar-refractivity contribution in [3.8, 4) is 11.3 Å². The molecule has 0 unspecified atom stereocenters. The fraction of sp³-hybridized carbons (Fsp3) is 0.125. The van der Waals surface area contributed by atoms with Crippen molar-refractivity contribution in [1.29, 1.82) is 0 Å². The number of benzene rings is 3. The van der Waals surface area contributed by atoms with E-state index in [9.17, 15) is 0 Å². The molecule has 0 aliphatic heterocycles. The van der Waals surface area contributed by atoms with E-state index in [2.05, 4.69) is 4.98 Å². The lowest BCUT2D eigenvalue weighted by Gasteiger charge is -2.06. The lowest BCUT2D eigenvalue weighted by atomic mass is 9.99. The maximum Gasteiger partial charge on any atom is 0.145 e. The Morgan fingerprint density at radius 2 is 1.69 bits per heavy atom. The molecule has 3 aromatic carbocycles. The lowest BCUT2D eigenvalue weighted by molar-refractivity contribution is 0.673. The van der Waals surface area contributed by atoms with Gasteiger partial charge in [-0.2, -0.15) is 0 Å². The molecule has 0 aliphatic carbocycles. The highest BCUT2D eigenvalue weighted by Crippen LogP contribution is 2.40. The standard InChI is InChI=1S/C24H19NO/c1-14-8-10-19(21-12-15(2)16(3)13-25-21)24-22(14)20-11-9-17-6-4-5-7-18(17)23(20)26-24/h4-13H,1-3H3/i1D3,2D3,3D3. The molecule has 0 bridgehead atoms. The molecular formula is C24H19NO. The first-order valence-electron chi connectivity index (χ1n) is 12.7. The van der Waals surface area contributed by atoms with Crippen molar-refractivity contribution < 1.29 is 16.8 Å². The van der Waals surface area contributed by atoms with Gasteiger partial charge in [0.25, 0.3) is 0 Å². The molecule has 0 radical (unpaired) electrons. The summed E-state index contributed by atoms with van der Waals surface area (Å²) in [6, 6.07) is 15.5. The zero-order valence-electron chi connectivity index (χ0n) is 22.6. The van der Waals surface area contributed by atoms with Crippen LogP contribution >= 0.6 is 0 Å². The Balaban J connectivity index is 1.89. The Labute approximate surface area is 164 Å². The molecule has 0 spiro atoms. The number of hydrogen-bond acceptors (Lipinski definition) is 2. The van der Waals surface area contributed by atoms with E-state index in [0.29, 0.717) is 21.9 Å². The molecule has 0 saturated heterocycles. The summed E-state index contributed by atoms with van der Waals surface area (Å²) in [5.41, 5.74) is 0.706. The number of rotatable bonds is 1. The normalized spacial score (nSPS) is 18.2. The molecule has 26 heavy (non-hydrogen) atoms. The zero-order chi connectivity index (χ0) is 25.3. The molecule has 0 fully saturated rings. The van der Waals surface area contributed by atoms with Crippen LogP contribution in [0.15, 0.2) is 65.2 Å². The van der Waals surface area contributed by atoms with Crippen molar-refractivity contribution in [2.24, 2.45) is 0 Å².